The van der Waals surface area contributed by atoms with Crippen LogP contribution in [0.3, 0.4) is 0 Å². The Morgan fingerprint density at radius 1 is 1.21 bits per heavy atom. The van der Waals surface area contributed by atoms with E-state index in [1.165, 1.54) is 0 Å². The number of aliphatic hydroxyl groups excluding tert-OH is 1. The van der Waals surface area contributed by atoms with Crippen molar-refractivity contribution in [1.29, 1.82) is 0 Å². The van der Waals surface area contributed by atoms with E-state index in [2.05, 4.69) is 5.32 Å². The van der Waals surface area contributed by atoms with Gasteiger partial charge in [-0.05, 0) is 57.7 Å². The molecule has 2 fully saturated rings. The van der Waals surface area contributed by atoms with Crippen LogP contribution in [0, 0.1) is 11.8 Å². The molecular weight excluding hydrogens is 440 g/mol. The summed E-state index contributed by atoms with van der Waals surface area (Å²) in [7, 11) is 1.57. The molecule has 2 saturated heterocycles. The van der Waals surface area contributed by atoms with E-state index in [0.29, 0.717) is 12.2 Å². The van der Waals surface area contributed by atoms with Crippen molar-refractivity contribution >= 4 is 18.0 Å². The maximum Gasteiger partial charge on any atom is 0.408 e. The monoisotopic (exact) mass is 476 g/mol. The van der Waals surface area contributed by atoms with Gasteiger partial charge in [-0.1, -0.05) is 26.0 Å². The van der Waals surface area contributed by atoms with E-state index < -0.39 is 53.2 Å². The normalized spacial score (nSPS) is 26.6. The second-order valence-corrected chi connectivity index (χ2v) is 10.4. The van der Waals surface area contributed by atoms with Gasteiger partial charge in [-0.15, -0.1) is 0 Å². The zero-order valence-electron chi connectivity index (χ0n) is 21.0. The quantitative estimate of drug-likeness (QED) is 0.459. The van der Waals surface area contributed by atoms with E-state index in [4.69, 9.17) is 14.2 Å². The van der Waals surface area contributed by atoms with E-state index >= 15 is 0 Å². The highest BCUT2D eigenvalue weighted by Gasteiger charge is 2.70. The molecule has 2 amide bonds. The maximum atomic E-state index is 13.9. The molecule has 0 aromatic heterocycles. The topological polar surface area (TPSA) is 114 Å². The number of likely N-dealkylation sites (tertiary alicyclic amines) is 1. The largest absolute Gasteiger partial charge is 0.497 e. The highest BCUT2D eigenvalue weighted by molar-refractivity contribution is 6.00. The second kappa shape index (κ2) is 9.44. The van der Waals surface area contributed by atoms with E-state index in [-0.39, 0.29) is 12.5 Å². The first kappa shape index (κ1) is 25.8. The molecule has 2 N–H and O–H groups in total. The van der Waals surface area contributed by atoms with Crippen molar-refractivity contribution in [3.05, 3.63) is 29.8 Å². The van der Waals surface area contributed by atoms with Gasteiger partial charge in [0.05, 0.1) is 37.8 Å². The number of nitrogens with one attached hydrogen (secondary N) is 1. The Balaban J connectivity index is 2.05. The predicted molar refractivity (Wildman–Crippen MR) is 124 cm³/mol. The number of carbonyl (C=O) groups is 3. The van der Waals surface area contributed by atoms with Gasteiger partial charge in [-0.3, -0.25) is 9.59 Å². The Labute approximate surface area is 200 Å². The molecule has 2 heterocycles. The van der Waals surface area contributed by atoms with Gasteiger partial charge in [0, 0.05) is 0 Å². The maximum absolute atomic E-state index is 13.9. The summed E-state index contributed by atoms with van der Waals surface area (Å²) in [6.45, 7) is 10.7. The van der Waals surface area contributed by atoms with Gasteiger partial charge < -0.3 is 29.5 Å². The lowest BCUT2D eigenvalue weighted by atomic mass is 9.65. The molecule has 0 radical (unpaired) electrons. The van der Waals surface area contributed by atoms with Gasteiger partial charge in [0.2, 0.25) is 0 Å². The zero-order valence-corrected chi connectivity index (χ0v) is 21.0. The van der Waals surface area contributed by atoms with Crippen LogP contribution in [0.4, 0.5) is 4.79 Å². The smallest absolute Gasteiger partial charge is 0.408 e. The molecule has 9 heteroatoms. The van der Waals surface area contributed by atoms with Crippen molar-refractivity contribution < 1.29 is 33.7 Å². The third kappa shape index (κ3) is 4.58. The second-order valence-electron chi connectivity index (χ2n) is 10.4. The molecule has 188 valence electrons. The van der Waals surface area contributed by atoms with E-state index in [1.54, 1.807) is 58.8 Å². The number of hydrogen-bond donors (Lipinski definition) is 2. The average Bonchev–Trinajstić information content (AvgIpc) is 3.18. The third-order valence-electron chi connectivity index (χ3n) is 6.53. The fourth-order valence-electron chi connectivity index (χ4n) is 4.89. The number of esters is 1. The van der Waals surface area contributed by atoms with Crippen LogP contribution in [-0.2, 0) is 19.1 Å². The SMILES string of the molecule is COc1ccc([C@H](C)N2C(=O)[C@@](NC(=O)OC(C)(C)C)([C@@H](O)C(C)C)[C@@H]2[C@H]2CCOC2=O)cc1. The molecule has 0 spiro atoms. The van der Waals surface area contributed by atoms with E-state index in [9.17, 15) is 19.5 Å². The summed E-state index contributed by atoms with van der Waals surface area (Å²) in [5.74, 6) is -1.31. The number of β-lactam (4-membered cyclic amide) rings is 1. The molecule has 0 aliphatic carbocycles. The number of ether oxygens (including phenoxy) is 3. The fraction of sp³-hybridized carbons (Fsp3) is 0.640. The van der Waals surface area contributed by atoms with Crippen molar-refractivity contribution in [1.82, 2.24) is 10.2 Å². The summed E-state index contributed by atoms with van der Waals surface area (Å²) in [5, 5.41) is 14.0. The molecule has 34 heavy (non-hydrogen) atoms. The standard InChI is InChI=1S/C25H36N2O7/c1-14(2)20(28)25(26-23(31)34-24(4,5)6)19(18-12-13-33-21(18)29)27(22(25)30)15(3)16-8-10-17(32-7)11-9-16/h8-11,14-15,18-20,28H,12-13H2,1-7H3,(H,26,31)/t15-,18+,19-,20-,25-/m0/s1. The van der Waals surface area contributed by atoms with Crippen molar-refractivity contribution in [3.8, 4) is 5.75 Å². The Morgan fingerprint density at radius 2 is 1.82 bits per heavy atom. The van der Waals surface area contributed by atoms with Gasteiger partial charge >= 0.3 is 12.1 Å². The number of carbonyl (C=O) groups excluding carboxylic acids is 3. The lowest BCUT2D eigenvalue weighted by molar-refractivity contribution is -0.190. The minimum Gasteiger partial charge on any atom is -0.497 e. The Kier molecular flexibility index (Phi) is 7.17. The summed E-state index contributed by atoms with van der Waals surface area (Å²) in [6.07, 6.45) is -1.69. The number of aliphatic hydroxyl groups is 1. The fourth-order valence-corrected chi connectivity index (χ4v) is 4.89. The lowest BCUT2D eigenvalue weighted by Gasteiger charge is -2.61. The van der Waals surface area contributed by atoms with Gasteiger partial charge in [0.1, 0.15) is 11.4 Å². The number of benzene rings is 1. The summed E-state index contributed by atoms with van der Waals surface area (Å²) < 4.78 is 15.9. The Morgan fingerprint density at radius 3 is 2.29 bits per heavy atom. The molecule has 2 aliphatic heterocycles. The summed E-state index contributed by atoms with van der Waals surface area (Å²) in [6, 6.07) is 6.05. The van der Waals surface area contributed by atoms with Crippen molar-refractivity contribution in [2.24, 2.45) is 11.8 Å². The van der Waals surface area contributed by atoms with Crippen LogP contribution < -0.4 is 10.1 Å². The van der Waals surface area contributed by atoms with Crippen molar-refractivity contribution in [3.63, 3.8) is 0 Å². The number of amides is 2. The first-order valence-corrected chi connectivity index (χ1v) is 11.7. The highest BCUT2D eigenvalue weighted by Crippen LogP contribution is 2.47. The lowest BCUT2D eigenvalue weighted by Crippen LogP contribution is -2.86. The van der Waals surface area contributed by atoms with Crippen LogP contribution in [0.15, 0.2) is 24.3 Å². The van der Waals surface area contributed by atoms with Crippen molar-refractivity contribution in [2.45, 2.75) is 77.3 Å². The van der Waals surface area contributed by atoms with Crippen molar-refractivity contribution in [2.75, 3.05) is 13.7 Å². The zero-order chi connectivity index (χ0) is 25.4. The number of methoxy groups -OCH3 is 1. The first-order valence-electron chi connectivity index (χ1n) is 11.7. The van der Waals surface area contributed by atoms with Crippen LogP contribution in [0.25, 0.3) is 0 Å². The van der Waals surface area contributed by atoms with Gasteiger partial charge in [-0.25, -0.2) is 4.79 Å². The molecule has 1 aromatic rings. The molecule has 5 atom stereocenters. The summed E-state index contributed by atoms with van der Waals surface area (Å²) in [4.78, 5) is 41.0. The molecule has 2 aliphatic rings. The number of cyclic esters (lactones) is 1. The average molecular weight is 477 g/mol. The molecule has 3 rings (SSSR count). The molecule has 1 aromatic carbocycles. The molecule has 0 saturated carbocycles. The molecular formula is C25H36N2O7. The number of alkyl carbamates (subject to hydrolysis) is 1. The highest BCUT2D eigenvalue weighted by atomic mass is 16.6. The Bertz CT molecular complexity index is 924. The number of nitrogens with zero attached hydrogens (tertiary/aromatic N) is 1. The van der Waals surface area contributed by atoms with Gasteiger partial charge in [-0.2, -0.15) is 0 Å². The van der Waals surface area contributed by atoms with Crippen LogP contribution in [-0.4, -0.2) is 65.0 Å². The van der Waals surface area contributed by atoms with Crippen LogP contribution in [0.1, 0.15) is 59.6 Å². The third-order valence-corrected chi connectivity index (χ3v) is 6.53. The van der Waals surface area contributed by atoms with E-state index in [0.717, 1.165) is 5.56 Å². The van der Waals surface area contributed by atoms with Gasteiger partial charge in [0.15, 0.2) is 5.54 Å². The minimum absolute atomic E-state index is 0.221. The number of rotatable bonds is 7. The summed E-state index contributed by atoms with van der Waals surface area (Å²) in [5.41, 5.74) is -1.69. The van der Waals surface area contributed by atoms with Crippen LogP contribution >= 0.6 is 0 Å². The predicted octanol–water partition coefficient (Wildman–Crippen LogP) is 2.81. The molecule has 0 bridgehead atoms. The van der Waals surface area contributed by atoms with Crippen LogP contribution in [0.5, 0.6) is 5.75 Å². The number of hydrogen-bond acceptors (Lipinski definition) is 7. The minimum atomic E-state index is -1.72. The molecule has 0 unspecified atom stereocenters. The summed E-state index contributed by atoms with van der Waals surface area (Å²) >= 11 is 0. The van der Waals surface area contributed by atoms with Crippen LogP contribution in [0.2, 0.25) is 0 Å². The molecule has 9 nitrogen and oxygen atoms in total. The van der Waals surface area contributed by atoms with Gasteiger partial charge in [0.25, 0.3) is 5.91 Å². The first-order chi connectivity index (χ1) is 15.8. The van der Waals surface area contributed by atoms with E-state index in [1.807, 2.05) is 19.1 Å². The Hall–Kier alpha value is -2.81.